The van der Waals surface area contributed by atoms with Gasteiger partial charge in [0.05, 0.1) is 28.2 Å². The number of aromatic amines is 1. The maximum absolute atomic E-state index is 12.7. The van der Waals surface area contributed by atoms with Crippen LogP contribution in [0.25, 0.3) is 33.1 Å². The summed E-state index contributed by atoms with van der Waals surface area (Å²) in [5.74, 6) is 1.28. The molecule has 0 spiro atoms. The van der Waals surface area contributed by atoms with Crippen molar-refractivity contribution in [2.45, 2.75) is 13.0 Å². The molecule has 1 fully saturated rings. The molecule has 0 radical (unpaired) electrons. The Hall–Kier alpha value is -3.25. The molecule has 3 aromatic heterocycles. The van der Waals surface area contributed by atoms with Gasteiger partial charge in [0.15, 0.2) is 5.43 Å². The number of anilines is 1. The van der Waals surface area contributed by atoms with Gasteiger partial charge >= 0.3 is 0 Å². The van der Waals surface area contributed by atoms with Gasteiger partial charge in [-0.2, -0.15) is 0 Å². The lowest BCUT2D eigenvalue weighted by Crippen LogP contribution is -2.24. The van der Waals surface area contributed by atoms with Crippen LogP contribution in [0.3, 0.4) is 0 Å². The number of pyridine rings is 3. The Bertz CT molecular complexity index is 1270. The fourth-order valence-electron chi connectivity index (χ4n) is 4.20. The van der Waals surface area contributed by atoms with Gasteiger partial charge in [0, 0.05) is 55.5 Å². The topological polar surface area (TPSA) is 71.1 Å². The van der Waals surface area contributed by atoms with E-state index in [1.165, 1.54) is 0 Å². The molecule has 29 heavy (non-hydrogen) atoms. The summed E-state index contributed by atoms with van der Waals surface area (Å²) in [5, 5.41) is 1.62. The predicted octanol–water partition coefficient (Wildman–Crippen LogP) is 3.61. The van der Waals surface area contributed by atoms with Crippen molar-refractivity contribution in [3.05, 3.63) is 65.1 Å². The molecule has 6 nitrogen and oxygen atoms in total. The lowest BCUT2D eigenvalue weighted by Gasteiger charge is -2.21. The minimum atomic E-state index is -0.0504. The van der Waals surface area contributed by atoms with Crippen LogP contribution in [-0.2, 0) is 4.74 Å². The third-order valence-corrected chi connectivity index (χ3v) is 5.77. The van der Waals surface area contributed by atoms with Crippen molar-refractivity contribution in [1.29, 1.82) is 0 Å². The van der Waals surface area contributed by atoms with E-state index in [4.69, 9.17) is 9.72 Å². The number of nitrogens with one attached hydrogen (secondary N) is 1. The zero-order valence-corrected chi connectivity index (χ0v) is 16.4. The second-order valence-electron chi connectivity index (χ2n) is 7.68. The predicted molar refractivity (Wildman–Crippen MR) is 115 cm³/mol. The van der Waals surface area contributed by atoms with Gasteiger partial charge in [-0.3, -0.25) is 9.78 Å². The summed E-state index contributed by atoms with van der Waals surface area (Å²) >= 11 is 0. The van der Waals surface area contributed by atoms with Crippen LogP contribution >= 0.6 is 0 Å². The van der Waals surface area contributed by atoms with Gasteiger partial charge < -0.3 is 14.6 Å². The van der Waals surface area contributed by atoms with Crippen LogP contribution in [0.5, 0.6) is 0 Å². The Kier molecular flexibility index (Phi) is 4.28. The quantitative estimate of drug-likeness (QED) is 0.582. The fraction of sp³-hybridized carbons (Fsp3) is 0.261. The Morgan fingerprint density at radius 1 is 1.17 bits per heavy atom. The average molecular weight is 386 g/mol. The molecular formula is C23H22N4O2. The summed E-state index contributed by atoms with van der Waals surface area (Å²) in [6.07, 6.45) is 3.45. The molecule has 2 atom stereocenters. The molecule has 146 valence electrons. The van der Waals surface area contributed by atoms with Crippen LogP contribution in [0.2, 0.25) is 0 Å². The second kappa shape index (κ2) is 6.97. The molecule has 4 heterocycles. The summed E-state index contributed by atoms with van der Waals surface area (Å²) in [5.41, 5.74) is 3.34. The van der Waals surface area contributed by atoms with Crippen LogP contribution in [-0.4, -0.2) is 41.3 Å². The molecule has 1 aromatic carbocycles. The number of rotatable bonds is 3. The van der Waals surface area contributed by atoms with E-state index in [1.807, 2.05) is 30.3 Å². The third-order valence-electron chi connectivity index (χ3n) is 5.77. The number of methoxy groups -OCH3 is 1. The van der Waals surface area contributed by atoms with Crippen molar-refractivity contribution in [3.63, 3.8) is 0 Å². The molecule has 0 amide bonds. The minimum absolute atomic E-state index is 0.0504. The Labute approximate surface area is 168 Å². The highest BCUT2D eigenvalue weighted by Crippen LogP contribution is 2.34. The number of nitrogens with zero attached hydrogens (tertiary/aromatic N) is 3. The van der Waals surface area contributed by atoms with Crippen molar-refractivity contribution in [3.8, 4) is 11.3 Å². The zero-order chi connectivity index (χ0) is 20.0. The van der Waals surface area contributed by atoms with Gasteiger partial charge in [-0.15, -0.1) is 0 Å². The van der Waals surface area contributed by atoms with Crippen LogP contribution in [0.1, 0.15) is 6.92 Å². The first-order valence-corrected chi connectivity index (χ1v) is 9.79. The summed E-state index contributed by atoms with van der Waals surface area (Å²) in [6, 6.07) is 13.6. The Balaban J connectivity index is 1.73. The monoisotopic (exact) mass is 386 g/mol. The van der Waals surface area contributed by atoms with Gasteiger partial charge in [0.2, 0.25) is 0 Å². The maximum atomic E-state index is 12.7. The number of fused-ring (bicyclic) bond motifs is 2. The van der Waals surface area contributed by atoms with Gasteiger partial charge in [0.25, 0.3) is 0 Å². The number of benzene rings is 1. The average Bonchev–Trinajstić information content (AvgIpc) is 3.13. The van der Waals surface area contributed by atoms with E-state index in [9.17, 15) is 4.79 Å². The maximum Gasteiger partial charge on any atom is 0.191 e. The molecule has 5 rings (SSSR count). The molecule has 0 aliphatic carbocycles. The number of H-pyrrole nitrogens is 1. The van der Waals surface area contributed by atoms with E-state index in [0.29, 0.717) is 11.3 Å². The van der Waals surface area contributed by atoms with E-state index in [2.05, 4.69) is 27.9 Å². The largest absolute Gasteiger partial charge is 0.379 e. The number of para-hydroxylation sites is 1. The molecule has 1 N–H and O–H groups in total. The van der Waals surface area contributed by atoms with E-state index < -0.39 is 0 Å². The summed E-state index contributed by atoms with van der Waals surface area (Å²) in [7, 11) is 1.76. The van der Waals surface area contributed by atoms with Crippen molar-refractivity contribution in [1.82, 2.24) is 15.0 Å². The standard InChI is InChI=1S/C23H22N4O2/c1-14-12-27(13-22(14)29-2)23-16(9-15-5-3-4-6-18(15)26-23)20-10-21(28)17-11-24-8-7-19(17)25-20/h3-11,14,22H,12-13H2,1-2H3,(H,25,28). The molecular weight excluding hydrogens is 364 g/mol. The normalized spacial score (nSPS) is 19.3. The lowest BCUT2D eigenvalue weighted by molar-refractivity contribution is 0.0899. The first-order valence-electron chi connectivity index (χ1n) is 9.79. The van der Waals surface area contributed by atoms with Crippen LogP contribution in [0.15, 0.2) is 59.7 Å². The van der Waals surface area contributed by atoms with Crippen molar-refractivity contribution in [2.24, 2.45) is 5.92 Å². The van der Waals surface area contributed by atoms with Crippen LogP contribution < -0.4 is 10.3 Å². The van der Waals surface area contributed by atoms with E-state index in [0.717, 1.165) is 46.6 Å². The Morgan fingerprint density at radius 3 is 2.86 bits per heavy atom. The van der Waals surface area contributed by atoms with Gasteiger partial charge in [-0.25, -0.2) is 4.98 Å². The Morgan fingerprint density at radius 2 is 2.03 bits per heavy atom. The van der Waals surface area contributed by atoms with Gasteiger partial charge in [-0.05, 0) is 18.2 Å². The molecule has 0 saturated carbocycles. The summed E-state index contributed by atoms with van der Waals surface area (Å²) in [6.45, 7) is 3.83. The number of hydrogen-bond donors (Lipinski definition) is 1. The molecule has 1 aliphatic heterocycles. The minimum Gasteiger partial charge on any atom is -0.379 e. The third kappa shape index (κ3) is 3.06. The smallest absolute Gasteiger partial charge is 0.191 e. The molecule has 2 unspecified atom stereocenters. The number of ether oxygens (including phenoxy) is 1. The van der Waals surface area contributed by atoms with Gasteiger partial charge in [-0.1, -0.05) is 25.1 Å². The zero-order valence-electron chi connectivity index (χ0n) is 16.4. The van der Waals surface area contributed by atoms with Crippen LogP contribution in [0.4, 0.5) is 5.82 Å². The highest BCUT2D eigenvalue weighted by Gasteiger charge is 2.32. The van der Waals surface area contributed by atoms with Crippen molar-refractivity contribution >= 4 is 27.6 Å². The highest BCUT2D eigenvalue weighted by molar-refractivity contribution is 5.90. The molecule has 6 heteroatoms. The van der Waals surface area contributed by atoms with E-state index >= 15 is 0 Å². The first kappa shape index (κ1) is 17.8. The summed E-state index contributed by atoms with van der Waals surface area (Å²) < 4.78 is 5.65. The van der Waals surface area contributed by atoms with E-state index in [1.54, 1.807) is 25.6 Å². The van der Waals surface area contributed by atoms with Crippen molar-refractivity contribution in [2.75, 3.05) is 25.1 Å². The van der Waals surface area contributed by atoms with E-state index in [-0.39, 0.29) is 11.5 Å². The van der Waals surface area contributed by atoms with Crippen LogP contribution in [0, 0.1) is 5.92 Å². The fourth-order valence-corrected chi connectivity index (χ4v) is 4.20. The number of aromatic nitrogens is 3. The highest BCUT2D eigenvalue weighted by atomic mass is 16.5. The molecule has 4 aromatic rings. The molecule has 1 saturated heterocycles. The first-order chi connectivity index (χ1) is 14.1. The molecule has 1 aliphatic rings. The SMILES string of the molecule is COC1CN(c2nc3ccccc3cc2-c2cc(=O)c3cnccc3[nH]2)CC1C. The van der Waals surface area contributed by atoms with Gasteiger partial charge in [0.1, 0.15) is 5.82 Å². The van der Waals surface area contributed by atoms with Crippen molar-refractivity contribution < 1.29 is 4.74 Å². The lowest BCUT2D eigenvalue weighted by atomic mass is 10.1. The summed E-state index contributed by atoms with van der Waals surface area (Å²) in [4.78, 5) is 27.4. The second-order valence-corrected chi connectivity index (χ2v) is 7.68. The molecule has 0 bridgehead atoms. The number of hydrogen-bond acceptors (Lipinski definition) is 5.